The van der Waals surface area contributed by atoms with E-state index in [4.69, 9.17) is 10.7 Å². The third-order valence-corrected chi connectivity index (χ3v) is 3.13. The monoisotopic (exact) mass is 263 g/mol. The average Bonchev–Trinajstić information content (AvgIpc) is 2.14. The maximum atomic E-state index is 11.4. The smallest absolute Gasteiger partial charge is 0.341 e. The van der Waals surface area contributed by atoms with Crippen molar-refractivity contribution < 1.29 is 17.9 Å². The number of carbonyl (C=O) groups excluding carboxylic acids is 1. The lowest BCUT2D eigenvalue weighted by molar-refractivity contribution is 0.0594. The highest BCUT2D eigenvalue weighted by Gasteiger charge is 2.25. The van der Waals surface area contributed by atoms with Gasteiger partial charge in [-0.3, -0.25) is 0 Å². The lowest BCUT2D eigenvalue weighted by Gasteiger charge is -2.08. The highest BCUT2D eigenvalue weighted by Crippen LogP contribution is 2.22. The summed E-state index contributed by atoms with van der Waals surface area (Å²) in [5.74, 6) is -0.774. The van der Waals surface area contributed by atoms with E-state index in [9.17, 15) is 13.2 Å². The molecule has 1 aromatic rings. The second-order valence-electron chi connectivity index (χ2n) is 3.19. The average molecular weight is 264 g/mol. The van der Waals surface area contributed by atoms with Gasteiger partial charge in [0.2, 0.25) is 0 Å². The number of hydrogen-bond donors (Lipinski definition) is 0. The number of methoxy groups -OCH3 is 1. The number of carbonyl (C=O) groups is 1. The van der Waals surface area contributed by atoms with E-state index in [-0.39, 0.29) is 5.56 Å². The van der Waals surface area contributed by atoms with Gasteiger partial charge in [0.15, 0.2) is 5.03 Å². The fourth-order valence-corrected chi connectivity index (χ4v) is 2.41. The van der Waals surface area contributed by atoms with Crippen molar-refractivity contribution >= 4 is 25.7 Å². The predicted molar refractivity (Wildman–Crippen MR) is 58.1 cm³/mol. The summed E-state index contributed by atoms with van der Waals surface area (Å²) in [7, 11) is 2.30. The second kappa shape index (κ2) is 4.39. The van der Waals surface area contributed by atoms with Crippen LogP contribution in [0.4, 0.5) is 0 Å². The Hall–Kier alpha value is -1.14. The first kappa shape index (κ1) is 12.9. The number of ether oxygens (including phenoxy) is 1. The van der Waals surface area contributed by atoms with Crippen molar-refractivity contribution in [2.45, 2.75) is 18.9 Å². The molecule has 0 fully saturated rings. The highest BCUT2D eigenvalue weighted by atomic mass is 35.7. The zero-order valence-electron chi connectivity index (χ0n) is 8.94. The van der Waals surface area contributed by atoms with Crippen LogP contribution in [0, 0.1) is 13.8 Å². The zero-order valence-corrected chi connectivity index (χ0v) is 10.5. The molecule has 0 bridgehead atoms. The van der Waals surface area contributed by atoms with Crippen LogP contribution in [0.3, 0.4) is 0 Å². The van der Waals surface area contributed by atoms with Gasteiger partial charge in [0.05, 0.1) is 7.11 Å². The lowest BCUT2D eigenvalue weighted by Crippen LogP contribution is -2.12. The molecule has 0 atom stereocenters. The first-order valence-electron chi connectivity index (χ1n) is 4.28. The molecular formula is C9H10ClNO4S. The molecule has 7 heteroatoms. The molecule has 0 saturated carbocycles. The molecule has 0 amide bonds. The van der Waals surface area contributed by atoms with Crippen LogP contribution in [0.5, 0.6) is 0 Å². The third-order valence-electron chi connectivity index (χ3n) is 1.93. The van der Waals surface area contributed by atoms with E-state index in [2.05, 4.69) is 9.72 Å². The van der Waals surface area contributed by atoms with E-state index in [1.165, 1.54) is 0 Å². The van der Waals surface area contributed by atoms with Gasteiger partial charge in [0.1, 0.15) is 5.56 Å². The molecule has 0 unspecified atom stereocenters. The number of aromatic nitrogens is 1. The van der Waals surface area contributed by atoms with E-state index in [1.54, 1.807) is 19.9 Å². The molecule has 16 heavy (non-hydrogen) atoms. The van der Waals surface area contributed by atoms with Gasteiger partial charge in [0.25, 0.3) is 9.05 Å². The van der Waals surface area contributed by atoms with Gasteiger partial charge in [0, 0.05) is 16.4 Å². The maximum Gasteiger partial charge on any atom is 0.341 e. The predicted octanol–water partition coefficient (Wildman–Crippen LogP) is 1.41. The van der Waals surface area contributed by atoms with Crippen molar-refractivity contribution in [1.29, 1.82) is 0 Å². The number of hydrogen-bond acceptors (Lipinski definition) is 5. The van der Waals surface area contributed by atoms with Gasteiger partial charge in [-0.2, -0.15) is 0 Å². The summed E-state index contributed by atoms with van der Waals surface area (Å²) >= 11 is 0. The van der Waals surface area contributed by atoms with Crippen molar-refractivity contribution in [3.63, 3.8) is 0 Å². The molecule has 0 aliphatic rings. The lowest BCUT2D eigenvalue weighted by atomic mass is 10.1. The summed E-state index contributed by atoms with van der Waals surface area (Å²) < 4.78 is 27.0. The first-order chi connectivity index (χ1) is 7.27. The molecule has 0 spiro atoms. The number of nitrogens with zero attached hydrogens (tertiary/aromatic N) is 1. The largest absolute Gasteiger partial charge is 0.465 e. The summed E-state index contributed by atoms with van der Waals surface area (Å²) in [6.07, 6.45) is 0. The van der Waals surface area contributed by atoms with Crippen LogP contribution < -0.4 is 0 Å². The number of rotatable bonds is 2. The van der Waals surface area contributed by atoms with Crippen LogP contribution in [0.1, 0.15) is 21.6 Å². The van der Waals surface area contributed by atoms with E-state index < -0.39 is 20.0 Å². The fourth-order valence-electron chi connectivity index (χ4n) is 1.33. The molecule has 1 aromatic heterocycles. The number of aryl methyl sites for hydroxylation is 2. The summed E-state index contributed by atoms with van der Waals surface area (Å²) in [6.45, 7) is 3.20. The van der Waals surface area contributed by atoms with Crippen molar-refractivity contribution in [2.75, 3.05) is 7.11 Å². The molecule has 0 aliphatic carbocycles. The van der Waals surface area contributed by atoms with Crippen molar-refractivity contribution in [1.82, 2.24) is 4.98 Å². The molecule has 0 N–H and O–H groups in total. The highest BCUT2D eigenvalue weighted by molar-refractivity contribution is 8.13. The Morgan fingerprint density at radius 2 is 2.00 bits per heavy atom. The minimum atomic E-state index is -4.07. The molecule has 88 valence electrons. The maximum absolute atomic E-state index is 11.4. The van der Waals surface area contributed by atoms with Crippen LogP contribution in [-0.4, -0.2) is 26.5 Å². The Labute approximate surface area is 97.8 Å². The van der Waals surface area contributed by atoms with Gasteiger partial charge in [-0.15, -0.1) is 0 Å². The molecule has 0 aliphatic heterocycles. The van der Waals surface area contributed by atoms with E-state index in [1.807, 2.05) is 0 Å². The fraction of sp³-hybridized carbons (Fsp3) is 0.333. The molecule has 1 heterocycles. The van der Waals surface area contributed by atoms with Gasteiger partial charge in [-0.05, 0) is 25.5 Å². The normalized spacial score (nSPS) is 11.2. The van der Waals surface area contributed by atoms with E-state index >= 15 is 0 Å². The van der Waals surface area contributed by atoms with Gasteiger partial charge in [-0.25, -0.2) is 18.2 Å². The molecule has 0 aromatic carbocycles. The summed E-state index contributed by atoms with van der Waals surface area (Å²) in [4.78, 5) is 15.2. The Kier molecular flexibility index (Phi) is 3.54. The van der Waals surface area contributed by atoms with Crippen molar-refractivity contribution in [2.24, 2.45) is 0 Å². The quantitative estimate of drug-likeness (QED) is 0.596. The van der Waals surface area contributed by atoms with Gasteiger partial charge >= 0.3 is 5.97 Å². The molecule has 5 nitrogen and oxygen atoms in total. The van der Waals surface area contributed by atoms with Crippen LogP contribution in [0.15, 0.2) is 11.1 Å². The molecule has 0 radical (unpaired) electrons. The van der Waals surface area contributed by atoms with Crippen LogP contribution >= 0.6 is 10.7 Å². The second-order valence-corrected chi connectivity index (χ2v) is 5.67. The molecule has 1 rings (SSSR count). The summed E-state index contributed by atoms with van der Waals surface area (Å²) in [6, 6.07) is 1.58. The minimum Gasteiger partial charge on any atom is -0.465 e. The molecule has 0 saturated heterocycles. The minimum absolute atomic E-state index is 0.122. The van der Waals surface area contributed by atoms with E-state index in [0.717, 1.165) is 7.11 Å². The Morgan fingerprint density at radius 3 is 2.44 bits per heavy atom. The first-order valence-corrected chi connectivity index (χ1v) is 6.59. The topological polar surface area (TPSA) is 73.3 Å². The standard InChI is InChI=1S/C9H10ClNO4S/c1-5-4-6(2)11-8(16(10,13)14)7(5)9(12)15-3/h4H,1-3H3. The summed E-state index contributed by atoms with van der Waals surface area (Å²) in [5.41, 5.74) is 0.797. The number of esters is 1. The van der Waals surface area contributed by atoms with Crippen molar-refractivity contribution in [3.8, 4) is 0 Å². The van der Waals surface area contributed by atoms with E-state index in [0.29, 0.717) is 11.3 Å². The van der Waals surface area contributed by atoms with Crippen molar-refractivity contribution in [3.05, 3.63) is 22.9 Å². The third kappa shape index (κ3) is 2.51. The number of pyridine rings is 1. The zero-order chi connectivity index (χ0) is 12.5. The Balaban J connectivity index is 3.64. The van der Waals surface area contributed by atoms with Gasteiger partial charge in [-0.1, -0.05) is 0 Å². The van der Waals surface area contributed by atoms with Crippen LogP contribution in [-0.2, 0) is 13.8 Å². The van der Waals surface area contributed by atoms with Crippen LogP contribution in [0.2, 0.25) is 0 Å². The Bertz CT molecular complexity index is 539. The number of halogens is 1. The Morgan fingerprint density at radius 1 is 1.44 bits per heavy atom. The van der Waals surface area contributed by atoms with Crippen LogP contribution in [0.25, 0.3) is 0 Å². The van der Waals surface area contributed by atoms with Gasteiger partial charge < -0.3 is 4.74 Å². The summed E-state index contributed by atoms with van der Waals surface area (Å²) in [5, 5.41) is -0.460. The molecular weight excluding hydrogens is 254 g/mol. The SMILES string of the molecule is COC(=O)c1c(C)cc(C)nc1S(=O)(=O)Cl.